The number of rotatable bonds is 7. The first-order chi connectivity index (χ1) is 14.4. The van der Waals surface area contributed by atoms with Crippen molar-refractivity contribution in [3.05, 3.63) is 75.6 Å². The Morgan fingerprint density at radius 2 is 2.07 bits per heavy atom. The quantitative estimate of drug-likeness (QED) is 0.328. The van der Waals surface area contributed by atoms with Gasteiger partial charge in [0.05, 0.1) is 15.6 Å². The van der Waals surface area contributed by atoms with Crippen LogP contribution < -0.4 is 10.1 Å². The van der Waals surface area contributed by atoms with Crippen LogP contribution in [0.1, 0.15) is 5.56 Å². The van der Waals surface area contributed by atoms with Gasteiger partial charge in [-0.25, -0.2) is 0 Å². The molecule has 1 aliphatic heterocycles. The zero-order valence-electron chi connectivity index (χ0n) is 15.6. The number of benzene rings is 2. The number of amides is 2. The Morgan fingerprint density at radius 1 is 1.27 bits per heavy atom. The predicted octanol–water partition coefficient (Wildman–Crippen LogP) is 5.40. The lowest BCUT2D eigenvalue weighted by molar-refractivity contribution is -0.121. The van der Waals surface area contributed by atoms with Crippen molar-refractivity contribution in [3.63, 3.8) is 0 Å². The van der Waals surface area contributed by atoms with Gasteiger partial charge in [0, 0.05) is 11.6 Å². The number of anilines is 1. The number of ether oxygens (including phenoxy) is 1. The van der Waals surface area contributed by atoms with Crippen LogP contribution in [0.5, 0.6) is 5.75 Å². The molecule has 2 aromatic rings. The summed E-state index contributed by atoms with van der Waals surface area (Å²) in [6, 6.07) is 11.9. The summed E-state index contributed by atoms with van der Waals surface area (Å²) in [6.45, 7) is 3.81. The monoisotopic (exact) mass is 478 g/mol. The molecular weight excluding hydrogens is 463 g/mol. The first-order valence-corrected chi connectivity index (χ1v) is 10.7. The van der Waals surface area contributed by atoms with E-state index >= 15 is 0 Å². The molecule has 3 rings (SSSR count). The van der Waals surface area contributed by atoms with E-state index in [1.807, 2.05) is 6.07 Å². The fourth-order valence-corrected chi connectivity index (χ4v) is 4.29. The Kier molecular flexibility index (Phi) is 7.55. The molecule has 1 fully saturated rings. The minimum atomic E-state index is -0.366. The number of carbonyl (C=O) groups is 2. The number of carbonyl (C=O) groups excluding carboxylic acids is 2. The van der Waals surface area contributed by atoms with Crippen LogP contribution in [0.2, 0.25) is 10.0 Å². The second-order valence-electron chi connectivity index (χ2n) is 6.11. The van der Waals surface area contributed by atoms with Crippen LogP contribution in [-0.2, 0) is 9.59 Å². The van der Waals surface area contributed by atoms with Crippen molar-refractivity contribution in [2.24, 2.45) is 0 Å². The van der Waals surface area contributed by atoms with Gasteiger partial charge in [-0.2, -0.15) is 0 Å². The van der Waals surface area contributed by atoms with E-state index in [0.29, 0.717) is 37.3 Å². The highest BCUT2D eigenvalue weighted by Crippen LogP contribution is 2.32. The summed E-state index contributed by atoms with van der Waals surface area (Å²) in [7, 11) is 0. The molecule has 0 radical (unpaired) electrons. The lowest BCUT2D eigenvalue weighted by Gasteiger charge is -2.10. The summed E-state index contributed by atoms with van der Waals surface area (Å²) < 4.78 is 6.06. The molecule has 0 atom stereocenters. The third-order valence-electron chi connectivity index (χ3n) is 3.92. The third-order valence-corrected chi connectivity index (χ3v) is 5.84. The van der Waals surface area contributed by atoms with E-state index in [9.17, 15) is 9.59 Å². The van der Waals surface area contributed by atoms with E-state index in [2.05, 4.69) is 11.9 Å². The van der Waals surface area contributed by atoms with Gasteiger partial charge in [0.25, 0.3) is 11.8 Å². The van der Waals surface area contributed by atoms with Crippen molar-refractivity contribution in [2.45, 2.75) is 0 Å². The molecule has 9 heteroatoms. The zero-order valence-corrected chi connectivity index (χ0v) is 18.7. The summed E-state index contributed by atoms with van der Waals surface area (Å²) in [6.07, 6.45) is 3.37. The summed E-state index contributed by atoms with van der Waals surface area (Å²) in [5, 5.41) is 3.48. The average molecular weight is 479 g/mol. The van der Waals surface area contributed by atoms with Gasteiger partial charge in [-0.15, -0.1) is 6.58 Å². The largest absolute Gasteiger partial charge is 0.484 e. The molecule has 0 unspecified atom stereocenters. The number of hydrogen-bond acceptors (Lipinski definition) is 5. The number of thiocarbonyl (C=S) groups is 1. The molecule has 0 aliphatic carbocycles. The van der Waals surface area contributed by atoms with Crippen molar-refractivity contribution < 1.29 is 14.3 Å². The minimum absolute atomic E-state index is 0.157. The van der Waals surface area contributed by atoms with E-state index in [-0.39, 0.29) is 18.4 Å². The minimum Gasteiger partial charge on any atom is -0.484 e. The SMILES string of the molecule is C=CCN1C(=O)/C(=C/c2cccc(OCC(=O)Nc3ccc(Cl)cc3Cl)c2)SC1=S. The van der Waals surface area contributed by atoms with Crippen LogP contribution in [0.3, 0.4) is 0 Å². The van der Waals surface area contributed by atoms with Crippen LogP contribution in [-0.4, -0.2) is 34.2 Å². The van der Waals surface area contributed by atoms with E-state index in [4.69, 9.17) is 40.2 Å². The van der Waals surface area contributed by atoms with Gasteiger partial charge in [-0.05, 0) is 42.0 Å². The Labute approximate surface area is 193 Å². The maximum Gasteiger partial charge on any atom is 0.266 e. The van der Waals surface area contributed by atoms with Gasteiger partial charge in [-0.3, -0.25) is 14.5 Å². The van der Waals surface area contributed by atoms with Crippen molar-refractivity contribution in [1.29, 1.82) is 0 Å². The topological polar surface area (TPSA) is 58.6 Å². The van der Waals surface area contributed by atoms with Crippen LogP contribution >= 0.6 is 47.2 Å². The van der Waals surface area contributed by atoms with Crippen LogP contribution in [0, 0.1) is 0 Å². The predicted molar refractivity (Wildman–Crippen MR) is 127 cm³/mol. The standard InChI is InChI=1S/C21H16Cl2N2O3S2/c1-2-8-25-20(27)18(30-21(25)29)10-13-4-3-5-15(9-13)28-12-19(26)24-17-7-6-14(22)11-16(17)23/h2-7,9-11H,1,8,12H2,(H,24,26)/b18-10-. The molecule has 1 N–H and O–H groups in total. The van der Waals surface area contributed by atoms with Crippen LogP contribution in [0.25, 0.3) is 6.08 Å². The first kappa shape index (κ1) is 22.4. The molecule has 0 spiro atoms. The molecule has 0 saturated carbocycles. The van der Waals surface area contributed by atoms with Crippen molar-refractivity contribution in [3.8, 4) is 5.75 Å². The zero-order chi connectivity index (χ0) is 21.7. The lowest BCUT2D eigenvalue weighted by atomic mass is 10.2. The number of halogens is 2. The van der Waals surface area contributed by atoms with Gasteiger partial charge in [0.15, 0.2) is 6.61 Å². The van der Waals surface area contributed by atoms with E-state index in [1.165, 1.54) is 16.7 Å². The molecule has 5 nitrogen and oxygen atoms in total. The lowest BCUT2D eigenvalue weighted by Crippen LogP contribution is -2.27. The molecule has 2 amide bonds. The highest BCUT2D eigenvalue weighted by Gasteiger charge is 2.30. The molecule has 1 aliphatic rings. The van der Waals surface area contributed by atoms with Crippen LogP contribution in [0.4, 0.5) is 5.69 Å². The second kappa shape index (κ2) is 10.1. The molecule has 154 valence electrons. The van der Waals surface area contributed by atoms with Gasteiger partial charge >= 0.3 is 0 Å². The summed E-state index contributed by atoms with van der Waals surface area (Å²) in [4.78, 5) is 26.6. The second-order valence-corrected chi connectivity index (χ2v) is 8.63. The third kappa shape index (κ3) is 5.64. The fourth-order valence-electron chi connectivity index (χ4n) is 2.56. The molecular formula is C21H16Cl2N2O3S2. The molecule has 1 saturated heterocycles. The van der Waals surface area contributed by atoms with Crippen molar-refractivity contribution >= 4 is 75.1 Å². The molecule has 2 aromatic carbocycles. The van der Waals surface area contributed by atoms with E-state index < -0.39 is 0 Å². The number of nitrogens with zero attached hydrogens (tertiary/aromatic N) is 1. The number of thioether (sulfide) groups is 1. The van der Waals surface area contributed by atoms with Gasteiger partial charge < -0.3 is 10.1 Å². The molecule has 0 aromatic heterocycles. The molecule has 1 heterocycles. The fraction of sp³-hybridized carbons (Fsp3) is 0.0952. The summed E-state index contributed by atoms with van der Waals surface area (Å²) >= 11 is 18.4. The normalized spacial score (nSPS) is 14.9. The highest BCUT2D eigenvalue weighted by molar-refractivity contribution is 8.26. The Hall–Kier alpha value is -2.32. The molecule has 30 heavy (non-hydrogen) atoms. The average Bonchev–Trinajstić information content (AvgIpc) is 2.97. The number of hydrogen-bond donors (Lipinski definition) is 1. The van der Waals surface area contributed by atoms with Crippen molar-refractivity contribution in [1.82, 2.24) is 4.90 Å². The van der Waals surface area contributed by atoms with Gasteiger partial charge in [-0.1, -0.05) is 65.4 Å². The smallest absolute Gasteiger partial charge is 0.266 e. The first-order valence-electron chi connectivity index (χ1n) is 8.71. The number of nitrogens with one attached hydrogen (secondary N) is 1. The Morgan fingerprint density at radius 3 is 2.80 bits per heavy atom. The maximum atomic E-state index is 12.4. The summed E-state index contributed by atoms with van der Waals surface area (Å²) in [5.41, 5.74) is 1.21. The summed E-state index contributed by atoms with van der Waals surface area (Å²) in [5.74, 6) is -0.0342. The Balaban J connectivity index is 1.63. The highest BCUT2D eigenvalue weighted by atomic mass is 35.5. The Bertz CT molecular complexity index is 1060. The maximum absolute atomic E-state index is 12.4. The van der Waals surface area contributed by atoms with E-state index in [0.717, 1.165) is 5.56 Å². The van der Waals surface area contributed by atoms with Gasteiger partial charge in [0.2, 0.25) is 0 Å². The van der Waals surface area contributed by atoms with E-state index in [1.54, 1.807) is 48.6 Å². The van der Waals surface area contributed by atoms with Gasteiger partial charge in [0.1, 0.15) is 10.1 Å². The molecule has 0 bridgehead atoms. The van der Waals surface area contributed by atoms with Crippen molar-refractivity contribution in [2.75, 3.05) is 18.5 Å². The van der Waals surface area contributed by atoms with Crippen LogP contribution in [0.15, 0.2) is 60.0 Å².